The molecular formula is C17H19NO2. The third kappa shape index (κ3) is 3.11. The lowest BCUT2D eigenvalue weighted by molar-refractivity contribution is 0.122. The fraction of sp³-hybridized carbons (Fsp3) is 0.294. The van der Waals surface area contributed by atoms with E-state index < -0.39 is 0 Å². The SMILES string of the molecule is Cc1ccc(Oc2ccc(N3CCOCC3)cc2)cc1. The number of aryl methyl sites for hydroxylation is 1. The summed E-state index contributed by atoms with van der Waals surface area (Å²) in [6, 6.07) is 16.3. The molecule has 0 radical (unpaired) electrons. The second-order valence-electron chi connectivity index (χ2n) is 5.01. The van der Waals surface area contributed by atoms with E-state index in [4.69, 9.17) is 9.47 Å². The standard InChI is InChI=1S/C17H19NO2/c1-14-2-6-16(7-3-14)20-17-8-4-15(5-9-17)18-10-12-19-13-11-18/h2-9H,10-13H2,1H3. The first-order valence-electron chi connectivity index (χ1n) is 6.98. The maximum Gasteiger partial charge on any atom is 0.127 e. The molecular weight excluding hydrogens is 250 g/mol. The molecule has 3 nitrogen and oxygen atoms in total. The third-order valence-electron chi connectivity index (χ3n) is 3.47. The monoisotopic (exact) mass is 269 g/mol. The number of ether oxygens (including phenoxy) is 2. The van der Waals surface area contributed by atoms with Gasteiger partial charge in [-0.05, 0) is 43.3 Å². The molecule has 2 aromatic carbocycles. The summed E-state index contributed by atoms with van der Waals surface area (Å²) in [7, 11) is 0. The third-order valence-corrected chi connectivity index (χ3v) is 3.47. The maximum absolute atomic E-state index is 5.83. The van der Waals surface area contributed by atoms with Crippen LogP contribution >= 0.6 is 0 Å². The molecule has 1 saturated heterocycles. The largest absolute Gasteiger partial charge is 0.457 e. The van der Waals surface area contributed by atoms with Crippen molar-refractivity contribution in [2.45, 2.75) is 6.92 Å². The van der Waals surface area contributed by atoms with Gasteiger partial charge in [0.25, 0.3) is 0 Å². The molecule has 3 heteroatoms. The minimum Gasteiger partial charge on any atom is -0.457 e. The van der Waals surface area contributed by atoms with E-state index >= 15 is 0 Å². The van der Waals surface area contributed by atoms with Crippen LogP contribution in [0.5, 0.6) is 11.5 Å². The zero-order valence-corrected chi connectivity index (χ0v) is 11.7. The lowest BCUT2D eigenvalue weighted by atomic mass is 10.2. The number of hydrogen-bond donors (Lipinski definition) is 0. The topological polar surface area (TPSA) is 21.7 Å². The second-order valence-corrected chi connectivity index (χ2v) is 5.01. The molecule has 0 atom stereocenters. The molecule has 0 unspecified atom stereocenters. The highest BCUT2D eigenvalue weighted by atomic mass is 16.5. The Balaban J connectivity index is 1.67. The first-order valence-corrected chi connectivity index (χ1v) is 6.98. The molecule has 104 valence electrons. The van der Waals surface area contributed by atoms with Crippen molar-refractivity contribution in [3.8, 4) is 11.5 Å². The van der Waals surface area contributed by atoms with Crippen molar-refractivity contribution in [1.82, 2.24) is 0 Å². The van der Waals surface area contributed by atoms with Gasteiger partial charge in [0.15, 0.2) is 0 Å². The molecule has 0 aromatic heterocycles. The number of hydrogen-bond acceptors (Lipinski definition) is 3. The Labute approximate surface area is 119 Å². The number of nitrogens with zero attached hydrogens (tertiary/aromatic N) is 1. The Bertz CT molecular complexity index is 542. The van der Waals surface area contributed by atoms with E-state index in [0.717, 1.165) is 37.8 Å². The van der Waals surface area contributed by atoms with Crippen molar-refractivity contribution in [2.24, 2.45) is 0 Å². The van der Waals surface area contributed by atoms with Crippen molar-refractivity contribution in [3.05, 3.63) is 54.1 Å². The van der Waals surface area contributed by atoms with Gasteiger partial charge in [-0.1, -0.05) is 17.7 Å². The van der Waals surface area contributed by atoms with Crippen LogP contribution in [-0.2, 0) is 4.74 Å². The van der Waals surface area contributed by atoms with Gasteiger partial charge in [0.05, 0.1) is 13.2 Å². The van der Waals surface area contributed by atoms with Gasteiger partial charge >= 0.3 is 0 Å². The number of rotatable bonds is 3. The van der Waals surface area contributed by atoms with Gasteiger partial charge in [-0.15, -0.1) is 0 Å². The molecule has 2 aromatic rings. The maximum atomic E-state index is 5.83. The summed E-state index contributed by atoms with van der Waals surface area (Å²) in [6.07, 6.45) is 0. The molecule has 0 aliphatic carbocycles. The van der Waals surface area contributed by atoms with E-state index in [1.807, 2.05) is 24.3 Å². The molecule has 3 rings (SSSR count). The Morgan fingerprint density at radius 3 is 2.00 bits per heavy atom. The molecule has 1 heterocycles. The fourth-order valence-electron chi connectivity index (χ4n) is 2.29. The van der Waals surface area contributed by atoms with Gasteiger partial charge in [-0.25, -0.2) is 0 Å². The van der Waals surface area contributed by atoms with Crippen LogP contribution in [-0.4, -0.2) is 26.3 Å². The number of morpholine rings is 1. The summed E-state index contributed by atoms with van der Waals surface area (Å²) in [6.45, 7) is 5.60. The van der Waals surface area contributed by atoms with Crippen LogP contribution in [0.1, 0.15) is 5.56 Å². The summed E-state index contributed by atoms with van der Waals surface area (Å²) in [5.41, 5.74) is 2.46. The summed E-state index contributed by atoms with van der Waals surface area (Å²) in [5.74, 6) is 1.74. The Morgan fingerprint density at radius 1 is 0.850 bits per heavy atom. The molecule has 0 amide bonds. The number of benzene rings is 2. The van der Waals surface area contributed by atoms with Crippen LogP contribution < -0.4 is 9.64 Å². The van der Waals surface area contributed by atoms with Gasteiger partial charge in [-0.2, -0.15) is 0 Å². The molecule has 0 N–H and O–H groups in total. The van der Waals surface area contributed by atoms with Crippen molar-refractivity contribution in [3.63, 3.8) is 0 Å². The molecule has 20 heavy (non-hydrogen) atoms. The minimum atomic E-state index is 0.807. The summed E-state index contributed by atoms with van der Waals surface area (Å²) < 4.78 is 11.2. The van der Waals surface area contributed by atoms with Gasteiger partial charge in [-0.3, -0.25) is 0 Å². The van der Waals surface area contributed by atoms with Gasteiger partial charge in [0.2, 0.25) is 0 Å². The second kappa shape index (κ2) is 5.97. The van der Waals surface area contributed by atoms with Crippen molar-refractivity contribution in [1.29, 1.82) is 0 Å². The summed E-state index contributed by atoms with van der Waals surface area (Å²) in [5, 5.41) is 0. The average Bonchev–Trinajstić information content (AvgIpc) is 2.51. The Kier molecular flexibility index (Phi) is 3.88. The van der Waals surface area contributed by atoms with E-state index in [1.54, 1.807) is 0 Å². The van der Waals surface area contributed by atoms with Gasteiger partial charge < -0.3 is 14.4 Å². The first kappa shape index (κ1) is 13.0. The normalized spacial score (nSPS) is 15.2. The van der Waals surface area contributed by atoms with Crippen LogP contribution in [0.3, 0.4) is 0 Å². The van der Waals surface area contributed by atoms with Gasteiger partial charge in [0, 0.05) is 18.8 Å². The highest BCUT2D eigenvalue weighted by molar-refractivity contribution is 5.50. The van der Waals surface area contributed by atoms with Crippen LogP contribution in [0.25, 0.3) is 0 Å². The number of anilines is 1. The predicted molar refractivity (Wildman–Crippen MR) is 80.7 cm³/mol. The quantitative estimate of drug-likeness (QED) is 0.849. The van der Waals surface area contributed by atoms with Crippen LogP contribution in [0.2, 0.25) is 0 Å². The van der Waals surface area contributed by atoms with E-state index in [-0.39, 0.29) is 0 Å². The molecule has 0 spiro atoms. The van der Waals surface area contributed by atoms with E-state index in [2.05, 4.69) is 36.1 Å². The lowest BCUT2D eigenvalue weighted by Gasteiger charge is -2.28. The van der Waals surface area contributed by atoms with Crippen molar-refractivity contribution in [2.75, 3.05) is 31.2 Å². The molecule has 1 fully saturated rings. The zero-order chi connectivity index (χ0) is 13.8. The molecule has 1 aliphatic heterocycles. The highest BCUT2D eigenvalue weighted by Gasteiger charge is 2.10. The zero-order valence-electron chi connectivity index (χ0n) is 11.7. The van der Waals surface area contributed by atoms with E-state index in [0.29, 0.717) is 0 Å². The smallest absolute Gasteiger partial charge is 0.127 e. The van der Waals surface area contributed by atoms with Gasteiger partial charge in [0.1, 0.15) is 11.5 Å². The summed E-state index contributed by atoms with van der Waals surface area (Å²) >= 11 is 0. The summed E-state index contributed by atoms with van der Waals surface area (Å²) in [4.78, 5) is 2.33. The minimum absolute atomic E-state index is 0.807. The lowest BCUT2D eigenvalue weighted by Crippen LogP contribution is -2.36. The van der Waals surface area contributed by atoms with Crippen LogP contribution in [0.15, 0.2) is 48.5 Å². The van der Waals surface area contributed by atoms with Crippen molar-refractivity contribution >= 4 is 5.69 Å². The molecule has 0 saturated carbocycles. The van der Waals surface area contributed by atoms with Crippen LogP contribution in [0, 0.1) is 6.92 Å². The van der Waals surface area contributed by atoms with E-state index in [9.17, 15) is 0 Å². The molecule has 1 aliphatic rings. The van der Waals surface area contributed by atoms with Crippen LogP contribution in [0.4, 0.5) is 5.69 Å². The van der Waals surface area contributed by atoms with Crippen molar-refractivity contribution < 1.29 is 9.47 Å². The average molecular weight is 269 g/mol. The fourth-order valence-corrected chi connectivity index (χ4v) is 2.29. The Hall–Kier alpha value is -2.00. The predicted octanol–water partition coefficient (Wildman–Crippen LogP) is 3.62. The highest BCUT2D eigenvalue weighted by Crippen LogP contribution is 2.25. The molecule has 0 bridgehead atoms. The van der Waals surface area contributed by atoms with E-state index in [1.165, 1.54) is 11.3 Å². The Morgan fingerprint density at radius 2 is 1.40 bits per heavy atom. The first-order chi connectivity index (χ1) is 9.81.